The highest BCUT2D eigenvalue weighted by molar-refractivity contribution is 6.04. The van der Waals surface area contributed by atoms with Crippen LogP contribution in [0.3, 0.4) is 0 Å². The molecule has 0 bridgehead atoms. The van der Waals surface area contributed by atoms with E-state index in [1.165, 1.54) is 0 Å². The van der Waals surface area contributed by atoms with Crippen molar-refractivity contribution < 1.29 is 4.79 Å². The first-order valence-electron chi connectivity index (χ1n) is 7.07. The molecule has 2 aromatic heterocycles. The van der Waals surface area contributed by atoms with Crippen molar-refractivity contribution in [2.45, 2.75) is 33.2 Å². The predicted molar refractivity (Wildman–Crippen MR) is 83.7 cm³/mol. The van der Waals surface area contributed by atoms with Gasteiger partial charge in [-0.15, -0.1) is 0 Å². The van der Waals surface area contributed by atoms with Crippen LogP contribution in [0.5, 0.6) is 0 Å². The fourth-order valence-electron chi connectivity index (χ4n) is 1.92. The van der Waals surface area contributed by atoms with Gasteiger partial charge in [-0.2, -0.15) is 5.10 Å². The highest BCUT2D eigenvalue weighted by Gasteiger charge is 2.11. The van der Waals surface area contributed by atoms with Crippen molar-refractivity contribution in [1.82, 2.24) is 14.8 Å². The molecular weight excluding hydrogens is 266 g/mol. The number of carbonyl (C=O) groups excluding carboxylic acids is 1. The van der Waals surface area contributed by atoms with E-state index in [1.54, 1.807) is 24.0 Å². The summed E-state index contributed by atoms with van der Waals surface area (Å²) in [7, 11) is 1.79. The quantitative estimate of drug-likeness (QED) is 0.887. The van der Waals surface area contributed by atoms with E-state index < -0.39 is 0 Å². The van der Waals surface area contributed by atoms with E-state index in [-0.39, 0.29) is 11.9 Å². The van der Waals surface area contributed by atoms with Gasteiger partial charge in [-0.3, -0.25) is 9.48 Å². The van der Waals surface area contributed by atoms with E-state index in [4.69, 9.17) is 0 Å². The van der Waals surface area contributed by atoms with E-state index in [1.807, 2.05) is 33.0 Å². The van der Waals surface area contributed by atoms with E-state index in [0.29, 0.717) is 17.1 Å². The number of aromatic nitrogens is 3. The Morgan fingerprint density at radius 3 is 2.71 bits per heavy atom. The molecule has 6 heteroatoms. The molecule has 112 valence electrons. The number of nitrogens with zero attached hydrogens (tertiary/aromatic N) is 3. The van der Waals surface area contributed by atoms with Gasteiger partial charge in [0.05, 0.1) is 11.9 Å². The molecule has 0 radical (unpaired) electrons. The topological polar surface area (TPSA) is 71.8 Å². The van der Waals surface area contributed by atoms with Crippen molar-refractivity contribution in [3.63, 3.8) is 0 Å². The summed E-state index contributed by atoms with van der Waals surface area (Å²) in [5, 5.41) is 10.0. The van der Waals surface area contributed by atoms with Gasteiger partial charge in [0.1, 0.15) is 5.82 Å². The number of aryl methyl sites for hydroxylation is 1. The predicted octanol–water partition coefficient (Wildman–Crippen LogP) is 2.72. The van der Waals surface area contributed by atoms with Crippen molar-refractivity contribution in [2.75, 3.05) is 17.7 Å². The lowest BCUT2D eigenvalue weighted by molar-refractivity contribution is 0.102. The van der Waals surface area contributed by atoms with Crippen LogP contribution in [0, 0.1) is 0 Å². The summed E-state index contributed by atoms with van der Waals surface area (Å²) in [6, 6.07) is 3.81. The summed E-state index contributed by atoms with van der Waals surface area (Å²) in [5.41, 5.74) is 2.16. The van der Waals surface area contributed by atoms with Gasteiger partial charge in [0.25, 0.3) is 5.91 Å². The zero-order valence-electron chi connectivity index (χ0n) is 12.8. The lowest BCUT2D eigenvalue weighted by Crippen LogP contribution is -2.13. The molecule has 2 heterocycles. The molecule has 0 unspecified atom stereocenters. The molecule has 0 aliphatic heterocycles. The summed E-state index contributed by atoms with van der Waals surface area (Å²) in [6.07, 6.45) is 4.25. The largest absolute Gasteiger partial charge is 0.373 e. The molecule has 2 N–H and O–H groups in total. The van der Waals surface area contributed by atoms with Gasteiger partial charge in [0, 0.05) is 30.5 Å². The second kappa shape index (κ2) is 6.39. The number of hydrogen-bond donors (Lipinski definition) is 2. The van der Waals surface area contributed by atoms with E-state index in [0.717, 1.165) is 12.1 Å². The highest BCUT2D eigenvalue weighted by atomic mass is 16.1. The van der Waals surface area contributed by atoms with Crippen LogP contribution in [0.4, 0.5) is 11.5 Å². The van der Waals surface area contributed by atoms with Crippen LogP contribution in [0.15, 0.2) is 24.5 Å². The second-order valence-corrected chi connectivity index (χ2v) is 5.09. The lowest BCUT2D eigenvalue weighted by Gasteiger charge is -2.08. The summed E-state index contributed by atoms with van der Waals surface area (Å²) in [5.74, 6) is 0.532. The average molecular weight is 287 g/mol. The minimum Gasteiger partial charge on any atom is -0.373 e. The molecule has 1 amide bonds. The maximum absolute atomic E-state index is 12.3. The second-order valence-electron chi connectivity index (χ2n) is 5.09. The lowest BCUT2D eigenvalue weighted by atomic mass is 10.2. The van der Waals surface area contributed by atoms with Gasteiger partial charge in [-0.05, 0) is 32.4 Å². The molecule has 0 spiro atoms. The molecule has 2 aromatic rings. The van der Waals surface area contributed by atoms with Crippen molar-refractivity contribution in [3.8, 4) is 0 Å². The average Bonchev–Trinajstić information content (AvgIpc) is 2.95. The third-order valence-corrected chi connectivity index (χ3v) is 3.15. The first-order chi connectivity index (χ1) is 10.0. The number of nitrogens with one attached hydrogen (secondary N) is 2. The fourth-order valence-corrected chi connectivity index (χ4v) is 1.92. The Morgan fingerprint density at radius 1 is 1.38 bits per heavy atom. The Labute approximate surface area is 124 Å². The molecule has 21 heavy (non-hydrogen) atoms. The normalized spacial score (nSPS) is 10.7. The zero-order chi connectivity index (χ0) is 15.4. The molecule has 0 aromatic carbocycles. The van der Waals surface area contributed by atoms with Crippen LogP contribution < -0.4 is 10.6 Å². The molecule has 0 atom stereocenters. The Kier molecular flexibility index (Phi) is 4.57. The molecule has 0 saturated heterocycles. The molecule has 0 aliphatic rings. The Morgan fingerprint density at radius 2 is 2.14 bits per heavy atom. The molecule has 0 aliphatic carbocycles. The third-order valence-electron chi connectivity index (χ3n) is 3.15. The third kappa shape index (κ3) is 3.59. The summed E-state index contributed by atoms with van der Waals surface area (Å²) in [6.45, 7) is 6.08. The summed E-state index contributed by atoms with van der Waals surface area (Å²) >= 11 is 0. The van der Waals surface area contributed by atoms with Gasteiger partial charge < -0.3 is 10.6 Å². The SMILES string of the molecule is CCc1cc(C(=O)Nc2cnn(C(C)C)c2)cc(NC)n1. The maximum Gasteiger partial charge on any atom is 0.255 e. The Balaban J connectivity index is 2.19. The van der Waals surface area contributed by atoms with Crippen LogP contribution >= 0.6 is 0 Å². The van der Waals surface area contributed by atoms with Crippen LogP contribution in [0.2, 0.25) is 0 Å². The Bertz CT molecular complexity index is 610. The van der Waals surface area contributed by atoms with Crippen LogP contribution in [-0.4, -0.2) is 27.7 Å². The van der Waals surface area contributed by atoms with Crippen LogP contribution in [0.25, 0.3) is 0 Å². The van der Waals surface area contributed by atoms with Gasteiger partial charge in [0.2, 0.25) is 0 Å². The number of amides is 1. The number of carbonyl (C=O) groups is 1. The van der Waals surface area contributed by atoms with E-state index >= 15 is 0 Å². The minimum absolute atomic E-state index is 0.160. The zero-order valence-corrected chi connectivity index (χ0v) is 12.8. The number of hydrogen-bond acceptors (Lipinski definition) is 4. The maximum atomic E-state index is 12.3. The summed E-state index contributed by atoms with van der Waals surface area (Å²) < 4.78 is 1.80. The van der Waals surface area contributed by atoms with E-state index in [9.17, 15) is 4.79 Å². The standard InChI is InChI=1S/C15H21N5O/c1-5-12-6-11(7-14(16-4)18-12)15(21)19-13-8-17-20(9-13)10(2)3/h6-10H,5H2,1-4H3,(H,16,18)(H,19,21). The first-order valence-corrected chi connectivity index (χ1v) is 7.07. The Hall–Kier alpha value is -2.37. The molecule has 0 saturated carbocycles. The number of rotatable bonds is 5. The molecule has 2 rings (SSSR count). The number of pyridine rings is 1. The van der Waals surface area contributed by atoms with Crippen molar-refractivity contribution >= 4 is 17.4 Å². The summed E-state index contributed by atoms with van der Waals surface area (Å²) in [4.78, 5) is 16.7. The first kappa shape index (κ1) is 15.0. The smallest absolute Gasteiger partial charge is 0.255 e. The van der Waals surface area contributed by atoms with Crippen LogP contribution in [0.1, 0.15) is 42.9 Å². The van der Waals surface area contributed by atoms with Crippen molar-refractivity contribution in [1.29, 1.82) is 0 Å². The van der Waals surface area contributed by atoms with Gasteiger partial charge in [-0.25, -0.2) is 4.98 Å². The van der Waals surface area contributed by atoms with Gasteiger partial charge >= 0.3 is 0 Å². The van der Waals surface area contributed by atoms with Crippen molar-refractivity contribution in [3.05, 3.63) is 35.8 Å². The van der Waals surface area contributed by atoms with Crippen LogP contribution in [-0.2, 0) is 6.42 Å². The molecule has 6 nitrogen and oxygen atoms in total. The van der Waals surface area contributed by atoms with Crippen molar-refractivity contribution in [2.24, 2.45) is 0 Å². The molecular formula is C15H21N5O. The fraction of sp³-hybridized carbons (Fsp3) is 0.400. The minimum atomic E-state index is -0.160. The number of anilines is 2. The molecule has 0 fully saturated rings. The van der Waals surface area contributed by atoms with Gasteiger partial charge in [0.15, 0.2) is 0 Å². The monoisotopic (exact) mass is 287 g/mol. The van der Waals surface area contributed by atoms with E-state index in [2.05, 4.69) is 20.7 Å². The highest BCUT2D eigenvalue weighted by Crippen LogP contribution is 2.15. The van der Waals surface area contributed by atoms with Gasteiger partial charge in [-0.1, -0.05) is 6.92 Å².